The summed E-state index contributed by atoms with van der Waals surface area (Å²) in [6, 6.07) is 17.8. The number of piperidine rings is 1. The first-order valence-electron chi connectivity index (χ1n) is 8.39. The third-order valence-corrected chi connectivity index (χ3v) is 4.58. The number of nitrogens with zero attached hydrogens (tertiary/aromatic N) is 1. The van der Waals surface area contributed by atoms with Gasteiger partial charge in [0.1, 0.15) is 12.4 Å². The first kappa shape index (κ1) is 16.4. The number of likely N-dealkylation sites (tertiary alicyclic amines) is 1. The third-order valence-electron chi connectivity index (χ3n) is 4.58. The van der Waals surface area contributed by atoms with Crippen molar-refractivity contribution in [1.82, 2.24) is 4.90 Å². The van der Waals surface area contributed by atoms with Gasteiger partial charge in [-0.05, 0) is 42.0 Å². The van der Waals surface area contributed by atoms with Crippen LogP contribution in [0.3, 0.4) is 0 Å². The van der Waals surface area contributed by atoms with Crippen LogP contribution in [0.5, 0.6) is 5.75 Å². The number of benzene rings is 2. The molecule has 126 valence electrons. The highest BCUT2D eigenvalue weighted by Gasteiger charge is 2.30. The molecule has 4 heteroatoms. The average molecular weight is 325 g/mol. The molecular formula is C20H23NO3. The Balaban J connectivity index is 1.66. The minimum absolute atomic E-state index is 0.0538. The summed E-state index contributed by atoms with van der Waals surface area (Å²) < 4.78 is 5.80. The molecule has 0 saturated carbocycles. The van der Waals surface area contributed by atoms with Crippen molar-refractivity contribution in [3.8, 4) is 5.75 Å². The lowest BCUT2D eigenvalue weighted by atomic mass is 9.90. The second-order valence-corrected chi connectivity index (χ2v) is 6.48. The summed E-state index contributed by atoms with van der Waals surface area (Å²) >= 11 is 0. The molecule has 3 rings (SSSR count). The zero-order valence-corrected chi connectivity index (χ0v) is 13.9. The molecule has 24 heavy (non-hydrogen) atoms. The lowest BCUT2D eigenvalue weighted by Gasteiger charge is -2.37. The molecule has 1 aliphatic heterocycles. The molecule has 0 aromatic heterocycles. The Morgan fingerprint density at radius 3 is 2.50 bits per heavy atom. The second-order valence-electron chi connectivity index (χ2n) is 6.48. The summed E-state index contributed by atoms with van der Waals surface area (Å²) in [5.41, 5.74) is 2.16. The van der Waals surface area contributed by atoms with E-state index in [1.807, 2.05) is 54.6 Å². The van der Waals surface area contributed by atoms with E-state index in [2.05, 4.69) is 6.92 Å². The molecule has 1 amide bonds. The molecular weight excluding hydrogens is 302 g/mol. The third kappa shape index (κ3) is 3.88. The van der Waals surface area contributed by atoms with Gasteiger partial charge in [0.25, 0.3) is 0 Å². The lowest BCUT2D eigenvalue weighted by Crippen LogP contribution is -2.40. The Morgan fingerprint density at radius 2 is 1.83 bits per heavy atom. The molecule has 1 aliphatic rings. The van der Waals surface area contributed by atoms with Crippen LogP contribution in [0.4, 0.5) is 4.79 Å². The Labute approximate surface area is 142 Å². The highest BCUT2D eigenvalue weighted by atomic mass is 16.5. The van der Waals surface area contributed by atoms with E-state index in [1.165, 1.54) is 0 Å². The predicted molar refractivity (Wildman–Crippen MR) is 93.1 cm³/mol. The lowest BCUT2D eigenvalue weighted by molar-refractivity contribution is 0.0900. The molecule has 0 radical (unpaired) electrons. The number of hydrogen-bond acceptors (Lipinski definition) is 2. The average Bonchev–Trinajstić information content (AvgIpc) is 2.61. The van der Waals surface area contributed by atoms with Gasteiger partial charge in [-0.25, -0.2) is 4.79 Å². The topological polar surface area (TPSA) is 49.8 Å². The molecule has 2 aromatic rings. The van der Waals surface area contributed by atoms with E-state index in [0.717, 1.165) is 29.7 Å². The van der Waals surface area contributed by atoms with Crippen LogP contribution < -0.4 is 4.74 Å². The molecule has 1 N–H and O–H groups in total. The molecule has 2 atom stereocenters. The largest absolute Gasteiger partial charge is 0.489 e. The maximum Gasteiger partial charge on any atom is 0.407 e. The van der Waals surface area contributed by atoms with E-state index in [1.54, 1.807) is 4.90 Å². The number of rotatable bonds is 4. The normalized spacial score (nSPS) is 20.6. The van der Waals surface area contributed by atoms with E-state index < -0.39 is 6.09 Å². The van der Waals surface area contributed by atoms with Gasteiger partial charge in [0.15, 0.2) is 0 Å². The van der Waals surface area contributed by atoms with E-state index >= 15 is 0 Å². The van der Waals surface area contributed by atoms with Crippen LogP contribution in [0, 0.1) is 5.92 Å². The first-order valence-corrected chi connectivity index (χ1v) is 8.39. The molecule has 0 bridgehead atoms. The van der Waals surface area contributed by atoms with Crippen molar-refractivity contribution in [2.24, 2.45) is 5.92 Å². The van der Waals surface area contributed by atoms with Gasteiger partial charge >= 0.3 is 6.09 Å². The van der Waals surface area contributed by atoms with Crippen molar-refractivity contribution in [2.45, 2.75) is 32.4 Å². The molecule has 2 aromatic carbocycles. The first-order chi connectivity index (χ1) is 11.6. The van der Waals surface area contributed by atoms with Crippen molar-refractivity contribution < 1.29 is 14.6 Å². The Kier molecular flexibility index (Phi) is 5.04. The molecule has 0 aliphatic carbocycles. The second kappa shape index (κ2) is 7.39. The smallest absolute Gasteiger partial charge is 0.407 e. The van der Waals surface area contributed by atoms with Gasteiger partial charge in [0.05, 0.1) is 6.04 Å². The van der Waals surface area contributed by atoms with Gasteiger partial charge in [-0.3, -0.25) is 0 Å². The zero-order valence-electron chi connectivity index (χ0n) is 13.9. The van der Waals surface area contributed by atoms with Gasteiger partial charge in [-0.2, -0.15) is 0 Å². The highest BCUT2D eigenvalue weighted by Crippen LogP contribution is 2.34. The van der Waals surface area contributed by atoms with Gasteiger partial charge < -0.3 is 14.7 Å². The number of ether oxygens (including phenoxy) is 1. The highest BCUT2D eigenvalue weighted by molar-refractivity contribution is 5.66. The van der Waals surface area contributed by atoms with Crippen molar-refractivity contribution in [3.05, 3.63) is 65.7 Å². The number of hydrogen-bond donors (Lipinski definition) is 1. The molecule has 4 nitrogen and oxygen atoms in total. The van der Waals surface area contributed by atoms with Crippen LogP contribution in [-0.2, 0) is 6.61 Å². The van der Waals surface area contributed by atoms with Crippen molar-refractivity contribution >= 4 is 6.09 Å². The van der Waals surface area contributed by atoms with Crippen molar-refractivity contribution in [3.63, 3.8) is 0 Å². The minimum Gasteiger partial charge on any atom is -0.489 e. The van der Waals surface area contributed by atoms with Gasteiger partial charge in [-0.1, -0.05) is 49.4 Å². The standard InChI is InChI=1S/C20H23NO3/c1-15-7-12-19(21(13-15)20(22)23)17-8-10-18(11-9-17)24-14-16-5-3-2-4-6-16/h2-6,8-11,15,19H,7,12-14H2,1H3,(H,22,23). The fourth-order valence-electron chi connectivity index (χ4n) is 3.24. The van der Waals surface area contributed by atoms with Crippen LogP contribution in [0.1, 0.15) is 36.9 Å². The van der Waals surface area contributed by atoms with E-state index in [9.17, 15) is 9.90 Å². The summed E-state index contributed by atoms with van der Waals surface area (Å²) in [4.78, 5) is 13.1. The summed E-state index contributed by atoms with van der Waals surface area (Å²) in [7, 11) is 0. The number of amides is 1. The van der Waals surface area contributed by atoms with Gasteiger partial charge in [-0.15, -0.1) is 0 Å². The van der Waals surface area contributed by atoms with Crippen molar-refractivity contribution in [1.29, 1.82) is 0 Å². The molecule has 1 heterocycles. The number of carboxylic acid groups (broad SMARTS) is 1. The molecule has 2 unspecified atom stereocenters. The van der Waals surface area contributed by atoms with Crippen molar-refractivity contribution in [2.75, 3.05) is 6.54 Å². The molecule has 1 saturated heterocycles. The van der Waals surface area contributed by atoms with E-state index in [0.29, 0.717) is 19.1 Å². The van der Waals surface area contributed by atoms with Crippen LogP contribution in [0.15, 0.2) is 54.6 Å². The monoisotopic (exact) mass is 325 g/mol. The molecule has 1 fully saturated rings. The maximum atomic E-state index is 11.5. The number of carbonyl (C=O) groups is 1. The van der Waals surface area contributed by atoms with Crippen LogP contribution >= 0.6 is 0 Å². The summed E-state index contributed by atoms with van der Waals surface area (Å²) in [5, 5.41) is 9.45. The van der Waals surface area contributed by atoms with Gasteiger partial charge in [0, 0.05) is 6.54 Å². The fourth-order valence-corrected chi connectivity index (χ4v) is 3.24. The van der Waals surface area contributed by atoms with Gasteiger partial charge in [0.2, 0.25) is 0 Å². The zero-order chi connectivity index (χ0) is 16.9. The Morgan fingerprint density at radius 1 is 1.12 bits per heavy atom. The quantitative estimate of drug-likeness (QED) is 0.885. The van der Waals surface area contributed by atoms with Crippen LogP contribution in [0.25, 0.3) is 0 Å². The van der Waals surface area contributed by atoms with Crippen LogP contribution in [-0.4, -0.2) is 22.6 Å². The summed E-state index contributed by atoms with van der Waals surface area (Å²) in [5.74, 6) is 1.22. The summed E-state index contributed by atoms with van der Waals surface area (Å²) in [6.07, 6.45) is 1.09. The summed E-state index contributed by atoms with van der Waals surface area (Å²) in [6.45, 7) is 3.24. The minimum atomic E-state index is -0.837. The van der Waals surface area contributed by atoms with E-state index in [4.69, 9.17) is 4.74 Å². The van der Waals surface area contributed by atoms with Crippen LogP contribution in [0.2, 0.25) is 0 Å². The Hall–Kier alpha value is -2.49. The van der Waals surface area contributed by atoms with E-state index in [-0.39, 0.29) is 6.04 Å². The SMILES string of the molecule is CC1CCC(c2ccc(OCc3ccccc3)cc2)N(C(=O)O)C1. The molecule has 0 spiro atoms. The predicted octanol–water partition coefficient (Wildman–Crippen LogP) is 4.72. The maximum absolute atomic E-state index is 11.5. The Bertz CT molecular complexity index is 669. The fraction of sp³-hybridized carbons (Fsp3) is 0.350.